The third-order valence-electron chi connectivity index (χ3n) is 3.78. The van der Waals surface area contributed by atoms with Gasteiger partial charge in [0.2, 0.25) is 11.8 Å². The zero-order valence-electron chi connectivity index (χ0n) is 15.2. The maximum Gasteiger partial charge on any atom is 0.270 e. The Morgan fingerprint density at radius 2 is 1.59 bits per heavy atom. The van der Waals surface area contributed by atoms with Crippen molar-refractivity contribution in [1.29, 1.82) is 0 Å². The molecular weight excluding hydrogens is 342 g/mol. The molecule has 2 aromatic rings. The van der Waals surface area contributed by atoms with Crippen LogP contribution in [0.25, 0.3) is 6.08 Å². The average Bonchev–Trinajstić information content (AvgIpc) is 2.65. The maximum absolute atomic E-state index is 13.1. The van der Waals surface area contributed by atoms with Gasteiger partial charge < -0.3 is 16.0 Å². The standard InChI is InChI=1S/C21H23N3O3/c1-16(25)23-19(14-17-8-4-2-5-9-17)21(27)24(13-12-20(22)26)15-18-10-6-3-7-11-18/h2-11,14H,12-13,15H2,1H3,(H2,22,26)(H,23,25)/b19-14+. The van der Waals surface area contributed by atoms with Crippen LogP contribution in [0.3, 0.4) is 0 Å². The minimum Gasteiger partial charge on any atom is -0.370 e. The Labute approximate surface area is 158 Å². The van der Waals surface area contributed by atoms with Crippen LogP contribution >= 0.6 is 0 Å². The fourth-order valence-corrected chi connectivity index (χ4v) is 2.53. The maximum atomic E-state index is 13.1. The van der Waals surface area contributed by atoms with Crippen LogP contribution in [0.15, 0.2) is 66.4 Å². The van der Waals surface area contributed by atoms with Crippen molar-refractivity contribution in [2.75, 3.05) is 6.54 Å². The van der Waals surface area contributed by atoms with Crippen molar-refractivity contribution in [2.24, 2.45) is 5.73 Å². The Hall–Kier alpha value is -3.41. The predicted molar refractivity (Wildman–Crippen MR) is 104 cm³/mol. The first-order valence-electron chi connectivity index (χ1n) is 8.61. The van der Waals surface area contributed by atoms with Gasteiger partial charge in [0.1, 0.15) is 5.70 Å². The topological polar surface area (TPSA) is 92.5 Å². The number of carbonyl (C=O) groups is 3. The normalized spacial score (nSPS) is 10.9. The zero-order valence-corrected chi connectivity index (χ0v) is 15.2. The van der Waals surface area contributed by atoms with Crippen LogP contribution in [0.2, 0.25) is 0 Å². The molecule has 0 bridgehead atoms. The lowest BCUT2D eigenvalue weighted by Crippen LogP contribution is -2.39. The van der Waals surface area contributed by atoms with Gasteiger partial charge in [-0.15, -0.1) is 0 Å². The SMILES string of the molecule is CC(=O)N/C(=C/c1ccccc1)C(=O)N(CCC(N)=O)Cc1ccccc1. The van der Waals surface area contributed by atoms with E-state index in [0.717, 1.165) is 11.1 Å². The summed E-state index contributed by atoms with van der Waals surface area (Å²) < 4.78 is 0. The summed E-state index contributed by atoms with van der Waals surface area (Å²) in [7, 11) is 0. The van der Waals surface area contributed by atoms with Gasteiger partial charge in [-0.25, -0.2) is 0 Å². The Morgan fingerprint density at radius 3 is 2.15 bits per heavy atom. The molecule has 140 valence electrons. The molecule has 0 aliphatic carbocycles. The van der Waals surface area contributed by atoms with Crippen LogP contribution in [0, 0.1) is 0 Å². The van der Waals surface area contributed by atoms with E-state index in [2.05, 4.69) is 5.32 Å². The van der Waals surface area contributed by atoms with Crippen molar-refractivity contribution in [3.8, 4) is 0 Å². The summed E-state index contributed by atoms with van der Waals surface area (Å²) in [5.41, 5.74) is 7.10. The predicted octanol–water partition coefficient (Wildman–Crippen LogP) is 2.07. The number of rotatable bonds is 8. The second kappa shape index (κ2) is 9.91. The lowest BCUT2D eigenvalue weighted by atomic mass is 10.1. The van der Waals surface area contributed by atoms with Crippen LogP contribution in [-0.2, 0) is 20.9 Å². The van der Waals surface area contributed by atoms with Gasteiger partial charge >= 0.3 is 0 Å². The van der Waals surface area contributed by atoms with Crippen molar-refractivity contribution in [2.45, 2.75) is 19.9 Å². The Morgan fingerprint density at radius 1 is 1.00 bits per heavy atom. The molecule has 2 aromatic carbocycles. The van der Waals surface area contributed by atoms with E-state index in [-0.39, 0.29) is 30.5 Å². The van der Waals surface area contributed by atoms with Gasteiger partial charge in [-0.1, -0.05) is 60.7 Å². The quantitative estimate of drug-likeness (QED) is 0.702. The number of carbonyl (C=O) groups excluding carboxylic acids is 3. The van der Waals surface area contributed by atoms with Gasteiger partial charge in [0, 0.05) is 26.4 Å². The molecule has 6 nitrogen and oxygen atoms in total. The van der Waals surface area contributed by atoms with Gasteiger partial charge in [0.25, 0.3) is 5.91 Å². The second-order valence-corrected chi connectivity index (χ2v) is 6.08. The van der Waals surface area contributed by atoms with Crippen molar-refractivity contribution in [1.82, 2.24) is 10.2 Å². The van der Waals surface area contributed by atoms with E-state index in [4.69, 9.17) is 5.73 Å². The lowest BCUT2D eigenvalue weighted by Gasteiger charge is -2.24. The molecule has 3 N–H and O–H groups in total. The van der Waals surface area contributed by atoms with Crippen molar-refractivity contribution >= 4 is 23.8 Å². The number of hydrogen-bond acceptors (Lipinski definition) is 3. The lowest BCUT2D eigenvalue weighted by molar-refractivity contribution is -0.130. The minimum absolute atomic E-state index is 0.0390. The smallest absolute Gasteiger partial charge is 0.270 e. The van der Waals surface area contributed by atoms with Gasteiger partial charge in [0.05, 0.1) is 0 Å². The first-order chi connectivity index (χ1) is 13.0. The molecule has 0 saturated carbocycles. The summed E-state index contributed by atoms with van der Waals surface area (Å²) >= 11 is 0. The van der Waals surface area contributed by atoms with E-state index in [1.54, 1.807) is 6.08 Å². The third-order valence-corrected chi connectivity index (χ3v) is 3.78. The summed E-state index contributed by atoms with van der Waals surface area (Å²) in [5, 5.41) is 2.60. The van der Waals surface area contributed by atoms with E-state index in [1.807, 2.05) is 60.7 Å². The van der Waals surface area contributed by atoms with Crippen LogP contribution in [0.1, 0.15) is 24.5 Å². The monoisotopic (exact) mass is 365 g/mol. The molecule has 0 spiro atoms. The first-order valence-corrected chi connectivity index (χ1v) is 8.61. The van der Waals surface area contributed by atoms with Crippen LogP contribution in [0.4, 0.5) is 0 Å². The highest BCUT2D eigenvalue weighted by atomic mass is 16.2. The number of nitrogens with zero attached hydrogens (tertiary/aromatic N) is 1. The van der Waals surface area contributed by atoms with Crippen molar-refractivity contribution in [3.05, 3.63) is 77.5 Å². The highest BCUT2D eigenvalue weighted by molar-refractivity contribution is 6.01. The van der Waals surface area contributed by atoms with Crippen LogP contribution in [0.5, 0.6) is 0 Å². The zero-order chi connectivity index (χ0) is 19.6. The molecule has 2 rings (SSSR count). The first kappa shape index (κ1) is 19.9. The highest BCUT2D eigenvalue weighted by Crippen LogP contribution is 2.12. The minimum atomic E-state index is -0.492. The molecule has 0 aromatic heterocycles. The summed E-state index contributed by atoms with van der Waals surface area (Å²) in [6.07, 6.45) is 1.66. The fraction of sp³-hybridized carbons (Fsp3) is 0.190. The van der Waals surface area contributed by atoms with Gasteiger partial charge in [-0.2, -0.15) is 0 Å². The summed E-state index contributed by atoms with van der Waals surface area (Å²) in [6.45, 7) is 1.81. The van der Waals surface area contributed by atoms with E-state index in [9.17, 15) is 14.4 Å². The average molecular weight is 365 g/mol. The molecule has 0 heterocycles. The molecule has 3 amide bonds. The second-order valence-electron chi connectivity index (χ2n) is 6.08. The summed E-state index contributed by atoms with van der Waals surface area (Å²) in [5.74, 6) is -1.21. The number of amides is 3. The van der Waals surface area contributed by atoms with E-state index in [1.165, 1.54) is 11.8 Å². The molecule has 0 radical (unpaired) electrons. The van der Waals surface area contributed by atoms with Gasteiger partial charge in [-0.3, -0.25) is 14.4 Å². The summed E-state index contributed by atoms with van der Waals surface area (Å²) in [6, 6.07) is 18.6. The van der Waals surface area contributed by atoms with Crippen molar-refractivity contribution < 1.29 is 14.4 Å². The fourth-order valence-electron chi connectivity index (χ4n) is 2.53. The van der Waals surface area contributed by atoms with Crippen LogP contribution in [-0.4, -0.2) is 29.2 Å². The Kier molecular flexibility index (Phi) is 7.31. The van der Waals surface area contributed by atoms with Crippen LogP contribution < -0.4 is 11.1 Å². The number of nitrogens with two attached hydrogens (primary N) is 1. The highest BCUT2D eigenvalue weighted by Gasteiger charge is 2.20. The number of nitrogens with one attached hydrogen (secondary N) is 1. The molecule has 0 unspecified atom stereocenters. The molecule has 0 saturated heterocycles. The van der Waals surface area contributed by atoms with E-state index < -0.39 is 5.91 Å². The third kappa shape index (κ3) is 6.78. The molecular formula is C21H23N3O3. The number of hydrogen-bond donors (Lipinski definition) is 2. The molecule has 0 atom stereocenters. The number of primary amides is 1. The Bertz CT molecular complexity index is 817. The van der Waals surface area contributed by atoms with E-state index in [0.29, 0.717) is 6.54 Å². The van der Waals surface area contributed by atoms with Gasteiger partial charge in [0.15, 0.2) is 0 Å². The molecule has 0 fully saturated rings. The number of benzene rings is 2. The molecule has 27 heavy (non-hydrogen) atoms. The largest absolute Gasteiger partial charge is 0.370 e. The molecule has 0 aliphatic rings. The molecule has 6 heteroatoms. The van der Waals surface area contributed by atoms with Gasteiger partial charge in [-0.05, 0) is 17.2 Å². The summed E-state index contributed by atoms with van der Waals surface area (Å²) in [4.78, 5) is 37.4. The Balaban J connectivity index is 2.30. The van der Waals surface area contributed by atoms with Crippen molar-refractivity contribution in [3.63, 3.8) is 0 Å². The molecule has 0 aliphatic heterocycles. The van der Waals surface area contributed by atoms with E-state index >= 15 is 0 Å².